The third kappa shape index (κ3) is 4.16. The summed E-state index contributed by atoms with van der Waals surface area (Å²) in [5.41, 5.74) is 6.24. The normalized spacial score (nSPS) is 10.9. The van der Waals surface area contributed by atoms with Crippen molar-refractivity contribution in [1.82, 2.24) is 9.88 Å². The molecule has 0 aliphatic carbocycles. The van der Waals surface area contributed by atoms with Crippen LogP contribution in [-0.4, -0.2) is 17.0 Å². The summed E-state index contributed by atoms with van der Waals surface area (Å²) in [7, 11) is 0. The number of rotatable bonds is 6. The standard InChI is InChI=1S/C11H19N3O/c1-9(2)6-13-7-10-4-3-5-14(10)8-11(12)15/h3-5,9,13H,6-8H2,1-2H3,(H2,12,15). The van der Waals surface area contributed by atoms with E-state index in [9.17, 15) is 4.79 Å². The lowest BCUT2D eigenvalue weighted by Crippen LogP contribution is -2.23. The van der Waals surface area contributed by atoms with E-state index in [1.807, 2.05) is 22.9 Å². The van der Waals surface area contributed by atoms with Crippen molar-refractivity contribution < 1.29 is 4.79 Å². The summed E-state index contributed by atoms with van der Waals surface area (Å²) in [5, 5.41) is 3.33. The second-order valence-electron chi connectivity index (χ2n) is 4.12. The lowest BCUT2D eigenvalue weighted by Gasteiger charge is -2.09. The quantitative estimate of drug-likeness (QED) is 0.725. The second kappa shape index (κ2) is 5.56. The Morgan fingerprint density at radius 2 is 2.33 bits per heavy atom. The first-order valence-corrected chi connectivity index (χ1v) is 5.22. The Kier molecular flexibility index (Phi) is 4.37. The van der Waals surface area contributed by atoms with Gasteiger partial charge < -0.3 is 15.6 Å². The summed E-state index contributed by atoms with van der Waals surface area (Å²) in [4.78, 5) is 10.8. The summed E-state index contributed by atoms with van der Waals surface area (Å²) in [5.74, 6) is 0.320. The van der Waals surface area contributed by atoms with Crippen molar-refractivity contribution in [2.45, 2.75) is 26.9 Å². The van der Waals surface area contributed by atoms with Crippen molar-refractivity contribution in [3.63, 3.8) is 0 Å². The molecule has 3 N–H and O–H groups in total. The van der Waals surface area contributed by atoms with E-state index in [0.717, 1.165) is 18.8 Å². The van der Waals surface area contributed by atoms with Crippen LogP contribution in [-0.2, 0) is 17.9 Å². The van der Waals surface area contributed by atoms with Gasteiger partial charge in [0.15, 0.2) is 0 Å². The van der Waals surface area contributed by atoms with Gasteiger partial charge in [-0.25, -0.2) is 0 Å². The molecule has 1 aromatic rings. The molecule has 0 aromatic carbocycles. The van der Waals surface area contributed by atoms with Gasteiger partial charge in [0, 0.05) is 18.4 Å². The van der Waals surface area contributed by atoms with Crippen molar-refractivity contribution in [2.24, 2.45) is 11.7 Å². The van der Waals surface area contributed by atoms with Crippen molar-refractivity contribution in [3.05, 3.63) is 24.0 Å². The zero-order valence-electron chi connectivity index (χ0n) is 9.36. The third-order valence-electron chi connectivity index (χ3n) is 2.11. The zero-order chi connectivity index (χ0) is 11.3. The molecule has 15 heavy (non-hydrogen) atoms. The molecule has 0 bridgehead atoms. The van der Waals surface area contributed by atoms with Crippen molar-refractivity contribution in [2.75, 3.05) is 6.54 Å². The number of amides is 1. The minimum absolute atomic E-state index is 0.256. The highest BCUT2D eigenvalue weighted by Crippen LogP contribution is 2.02. The minimum Gasteiger partial charge on any atom is -0.368 e. The summed E-state index contributed by atoms with van der Waals surface area (Å²) in [6.45, 7) is 6.33. The second-order valence-corrected chi connectivity index (χ2v) is 4.12. The molecule has 0 saturated carbocycles. The number of carbonyl (C=O) groups excluding carboxylic acids is 1. The van der Waals surface area contributed by atoms with Crippen LogP contribution in [0, 0.1) is 5.92 Å². The van der Waals surface area contributed by atoms with Gasteiger partial charge in [-0.05, 0) is 24.6 Å². The van der Waals surface area contributed by atoms with Crippen molar-refractivity contribution in [3.8, 4) is 0 Å². The molecule has 84 valence electrons. The highest BCUT2D eigenvalue weighted by atomic mass is 16.1. The largest absolute Gasteiger partial charge is 0.368 e. The predicted molar refractivity (Wildman–Crippen MR) is 60.2 cm³/mol. The maximum atomic E-state index is 10.8. The van der Waals surface area contributed by atoms with Gasteiger partial charge in [-0.2, -0.15) is 0 Å². The van der Waals surface area contributed by atoms with Crippen LogP contribution in [0.4, 0.5) is 0 Å². The highest BCUT2D eigenvalue weighted by Gasteiger charge is 2.03. The van der Waals surface area contributed by atoms with E-state index < -0.39 is 0 Å². The Hall–Kier alpha value is -1.29. The number of nitrogens with one attached hydrogen (secondary N) is 1. The maximum absolute atomic E-state index is 10.8. The molecule has 0 fully saturated rings. The number of nitrogens with zero attached hydrogens (tertiary/aromatic N) is 1. The maximum Gasteiger partial charge on any atom is 0.237 e. The number of carbonyl (C=O) groups is 1. The summed E-state index contributed by atoms with van der Waals surface area (Å²) >= 11 is 0. The molecule has 1 amide bonds. The van der Waals surface area contributed by atoms with E-state index in [0.29, 0.717) is 5.92 Å². The lowest BCUT2D eigenvalue weighted by molar-refractivity contribution is -0.118. The van der Waals surface area contributed by atoms with Gasteiger partial charge >= 0.3 is 0 Å². The van der Waals surface area contributed by atoms with Crippen LogP contribution < -0.4 is 11.1 Å². The van der Waals surface area contributed by atoms with Crippen LogP contribution in [0.5, 0.6) is 0 Å². The predicted octanol–water partition coefficient (Wildman–Crippen LogP) is 0.719. The van der Waals surface area contributed by atoms with Crippen LogP contribution in [0.2, 0.25) is 0 Å². The first-order chi connectivity index (χ1) is 7.09. The first kappa shape index (κ1) is 11.8. The van der Waals surface area contributed by atoms with Crippen LogP contribution >= 0.6 is 0 Å². The summed E-state index contributed by atoms with van der Waals surface area (Å²) in [6.07, 6.45) is 1.87. The Morgan fingerprint density at radius 3 is 2.93 bits per heavy atom. The molecule has 1 heterocycles. The number of primary amides is 1. The van der Waals surface area contributed by atoms with Gasteiger partial charge in [0.1, 0.15) is 6.54 Å². The van der Waals surface area contributed by atoms with Gasteiger partial charge in [0.05, 0.1) is 0 Å². The molecule has 1 rings (SSSR count). The molecule has 0 aliphatic heterocycles. The molecule has 0 aliphatic rings. The topological polar surface area (TPSA) is 60.1 Å². The van der Waals surface area contributed by atoms with E-state index in [-0.39, 0.29) is 12.5 Å². The number of hydrogen-bond acceptors (Lipinski definition) is 2. The molecule has 4 heteroatoms. The summed E-state index contributed by atoms with van der Waals surface area (Å²) < 4.78 is 1.87. The van der Waals surface area contributed by atoms with Crippen molar-refractivity contribution in [1.29, 1.82) is 0 Å². The molecule has 0 radical (unpaired) electrons. The van der Waals surface area contributed by atoms with Gasteiger partial charge in [-0.3, -0.25) is 4.79 Å². The molecular weight excluding hydrogens is 190 g/mol. The lowest BCUT2D eigenvalue weighted by atomic mass is 10.2. The molecule has 0 spiro atoms. The first-order valence-electron chi connectivity index (χ1n) is 5.22. The van der Waals surface area contributed by atoms with Crippen LogP contribution in [0.3, 0.4) is 0 Å². The molecule has 0 saturated heterocycles. The molecular formula is C11H19N3O. The molecule has 0 atom stereocenters. The fourth-order valence-electron chi connectivity index (χ4n) is 1.42. The average Bonchev–Trinajstić information content (AvgIpc) is 2.51. The van der Waals surface area contributed by atoms with E-state index in [2.05, 4.69) is 19.2 Å². The van der Waals surface area contributed by atoms with Gasteiger partial charge in [0.2, 0.25) is 5.91 Å². The minimum atomic E-state index is -0.309. The van der Waals surface area contributed by atoms with Gasteiger partial charge in [-0.15, -0.1) is 0 Å². The van der Waals surface area contributed by atoms with Crippen molar-refractivity contribution >= 4 is 5.91 Å². The Bertz CT molecular complexity index is 317. The van der Waals surface area contributed by atoms with Crippen LogP contribution in [0.25, 0.3) is 0 Å². The van der Waals surface area contributed by atoms with Gasteiger partial charge in [-0.1, -0.05) is 13.8 Å². The van der Waals surface area contributed by atoms with Gasteiger partial charge in [0.25, 0.3) is 0 Å². The average molecular weight is 209 g/mol. The molecule has 0 unspecified atom stereocenters. The van der Waals surface area contributed by atoms with E-state index >= 15 is 0 Å². The summed E-state index contributed by atoms with van der Waals surface area (Å²) in [6, 6.07) is 3.92. The zero-order valence-corrected chi connectivity index (χ0v) is 9.36. The molecule has 4 nitrogen and oxygen atoms in total. The van der Waals surface area contributed by atoms with E-state index in [4.69, 9.17) is 5.73 Å². The Morgan fingerprint density at radius 1 is 1.60 bits per heavy atom. The SMILES string of the molecule is CC(C)CNCc1cccn1CC(N)=O. The highest BCUT2D eigenvalue weighted by molar-refractivity contribution is 5.73. The van der Waals surface area contributed by atoms with Crippen LogP contribution in [0.15, 0.2) is 18.3 Å². The van der Waals surface area contributed by atoms with E-state index in [1.54, 1.807) is 0 Å². The Balaban J connectivity index is 2.46. The molecule has 1 aromatic heterocycles. The Labute approximate surface area is 90.5 Å². The fraction of sp³-hybridized carbons (Fsp3) is 0.545. The third-order valence-corrected chi connectivity index (χ3v) is 2.11. The monoisotopic (exact) mass is 209 g/mol. The smallest absolute Gasteiger partial charge is 0.237 e. The van der Waals surface area contributed by atoms with Crippen LogP contribution in [0.1, 0.15) is 19.5 Å². The fourth-order valence-corrected chi connectivity index (χ4v) is 1.42. The van der Waals surface area contributed by atoms with E-state index in [1.165, 1.54) is 0 Å². The number of nitrogens with two attached hydrogens (primary N) is 1. The number of aromatic nitrogens is 1. The number of hydrogen-bond donors (Lipinski definition) is 2.